The maximum Gasteiger partial charge on any atom is 0.255 e. The molecule has 2 rings (SSSR count). The number of rotatable bonds is 6. The van der Waals surface area contributed by atoms with E-state index in [1.807, 2.05) is 18.7 Å². The normalized spacial score (nSPS) is 15.8. The number of carbonyl (C=O) groups is 1. The molecule has 0 atom stereocenters. The molecular weight excluding hydrogens is 272 g/mol. The van der Waals surface area contributed by atoms with Gasteiger partial charge >= 0.3 is 0 Å². The Morgan fingerprint density at radius 2 is 2.25 bits per heavy atom. The zero-order valence-electron chi connectivity index (χ0n) is 11.9. The summed E-state index contributed by atoms with van der Waals surface area (Å²) < 4.78 is 0. The van der Waals surface area contributed by atoms with Crippen LogP contribution in [0.25, 0.3) is 0 Å². The van der Waals surface area contributed by atoms with Crippen molar-refractivity contribution in [2.45, 2.75) is 6.92 Å². The summed E-state index contributed by atoms with van der Waals surface area (Å²) in [7, 11) is 0. The molecule has 2 N–H and O–H groups in total. The van der Waals surface area contributed by atoms with E-state index in [1.54, 1.807) is 18.3 Å². The van der Waals surface area contributed by atoms with Crippen molar-refractivity contribution in [1.29, 1.82) is 0 Å². The predicted octanol–water partition coefficient (Wildman–Crippen LogP) is 1.29. The summed E-state index contributed by atoms with van der Waals surface area (Å²) in [4.78, 5) is 18.8. The molecule has 2 heterocycles. The molecule has 5 nitrogen and oxygen atoms in total. The second kappa shape index (κ2) is 8.11. The van der Waals surface area contributed by atoms with Crippen molar-refractivity contribution in [2.75, 3.05) is 49.5 Å². The fourth-order valence-electron chi connectivity index (χ4n) is 2.14. The molecule has 0 unspecified atom stereocenters. The largest absolute Gasteiger partial charge is 0.370 e. The smallest absolute Gasteiger partial charge is 0.255 e. The Labute approximate surface area is 124 Å². The highest BCUT2D eigenvalue weighted by molar-refractivity contribution is 7.99. The van der Waals surface area contributed by atoms with E-state index in [2.05, 4.69) is 20.5 Å². The Kier molecular flexibility index (Phi) is 6.14. The lowest BCUT2D eigenvalue weighted by molar-refractivity contribution is 0.0949. The summed E-state index contributed by atoms with van der Waals surface area (Å²) in [6, 6.07) is 3.59. The van der Waals surface area contributed by atoms with Crippen LogP contribution in [0.4, 0.5) is 5.82 Å². The zero-order valence-corrected chi connectivity index (χ0v) is 12.7. The van der Waals surface area contributed by atoms with E-state index in [1.165, 1.54) is 11.5 Å². The lowest BCUT2D eigenvalue weighted by atomic mass is 10.2. The van der Waals surface area contributed by atoms with Crippen molar-refractivity contribution in [3.05, 3.63) is 23.9 Å². The Balaban J connectivity index is 1.82. The third kappa shape index (κ3) is 4.38. The van der Waals surface area contributed by atoms with Crippen LogP contribution in [-0.2, 0) is 0 Å². The number of carbonyl (C=O) groups excluding carboxylic acids is 1. The minimum Gasteiger partial charge on any atom is -0.370 e. The standard InChI is InChI=1S/C14H22N4OS/c1-2-15-13-12(4-3-5-16-13)14(19)17-6-7-18-8-10-20-11-9-18/h3-5H,2,6-11H2,1H3,(H,15,16)(H,17,19). The summed E-state index contributed by atoms with van der Waals surface area (Å²) in [5.74, 6) is 2.99. The highest BCUT2D eigenvalue weighted by Crippen LogP contribution is 2.11. The van der Waals surface area contributed by atoms with Gasteiger partial charge in [-0.25, -0.2) is 4.98 Å². The van der Waals surface area contributed by atoms with Gasteiger partial charge in [-0.15, -0.1) is 0 Å². The maximum absolute atomic E-state index is 12.2. The first-order valence-electron chi connectivity index (χ1n) is 7.08. The van der Waals surface area contributed by atoms with E-state index in [9.17, 15) is 4.79 Å². The molecule has 1 amide bonds. The number of anilines is 1. The molecular formula is C14H22N4OS. The van der Waals surface area contributed by atoms with Gasteiger partial charge in [-0.1, -0.05) is 0 Å². The van der Waals surface area contributed by atoms with E-state index >= 15 is 0 Å². The predicted molar refractivity (Wildman–Crippen MR) is 84.5 cm³/mol. The highest BCUT2D eigenvalue weighted by atomic mass is 32.2. The lowest BCUT2D eigenvalue weighted by Crippen LogP contribution is -2.39. The quantitative estimate of drug-likeness (QED) is 0.828. The van der Waals surface area contributed by atoms with Crippen LogP contribution in [-0.4, -0.2) is 60.0 Å². The fraction of sp³-hybridized carbons (Fsp3) is 0.571. The van der Waals surface area contributed by atoms with Gasteiger partial charge < -0.3 is 10.6 Å². The van der Waals surface area contributed by atoms with E-state index in [-0.39, 0.29) is 5.91 Å². The van der Waals surface area contributed by atoms with Crippen LogP contribution in [0, 0.1) is 0 Å². The van der Waals surface area contributed by atoms with Crippen molar-refractivity contribution < 1.29 is 4.79 Å². The van der Waals surface area contributed by atoms with Crippen LogP contribution in [0.2, 0.25) is 0 Å². The van der Waals surface area contributed by atoms with E-state index in [0.717, 1.165) is 26.2 Å². The average molecular weight is 294 g/mol. The van der Waals surface area contributed by atoms with Crippen LogP contribution in [0.3, 0.4) is 0 Å². The van der Waals surface area contributed by atoms with Gasteiger partial charge in [-0.2, -0.15) is 11.8 Å². The van der Waals surface area contributed by atoms with Crippen LogP contribution >= 0.6 is 11.8 Å². The zero-order chi connectivity index (χ0) is 14.2. The molecule has 0 spiro atoms. The first-order valence-corrected chi connectivity index (χ1v) is 8.24. The molecule has 20 heavy (non-hydrogen) atoms. The number of amides is 1. The Hall–Kier alpha value is -1.27. The first kappa shape index (κ1) is 15.1. The second-order valence-electron chi connectivity index (χ2n) is 4.64. The van der Waals surface area contributed by atoms with Crippen LogP contribution in [0.15, 0.2) is 18.3 Å². The van der Waals surface area contributed by atoms with E-state index in [4.69, 9.17) is 0 Å². The van der Waals surface area contributed by atoms with Crippen molar-refractivity contribution >= 4 is 23.5 Å². The highest BCUT2D eigenvalue weighted by Gasteiger charge is 2.13. The Morgan fingerprint density at radius 3 is 3.00 bits per heavy atom. The number of thioether (sulfide) groups is 1. The maximum atomic E-state index is 12.2. The van der Waals surface area contributed by atoms with Gasteiger partial charge in [0.1, 0.15) is 5.82 Å². The SMILES string of the molecule is CCNc1ncccc1C(=O)NCCN1CCSCC1. The van der Waals surface area contributed by atoms with E-state index < -0.39 is 0 Å². The molecule has 1 aromatic heterocycles. The molecule has 1 aliphatic rings. The van der Waals surface area contributed by atoms with Crippen LogP contribution in [0.5, 0.6) is 0 Å². The molecule has 110 valence electrons. The molecule has 0 saturated carbocycles. The van der Waals surface area contributed by atoms with Gasteiger partial charge in [0.05, 0.1) is 5.56 Å². The molecule has 1 saturated heterocycles. The van der Waals surface area contributed by atoms with Gasteiger partial charge in [-0.05, 0) is 19.1 Å². The molecule has 1 fully saturated rings. The van der Waals surface area contributed by atoms with Crippen molar-refractivity contribution in [3.63, 3.8) is 0 Å². The molecule has 0 radical (unpaired) electrons. The fourth-order valence-corrected chi connectivity index (χ4v) is 3.12. The molecule has 0 aliphatic carbocycles. The number of nitrogens with one attached hydrogen (secondary N) is 2. The van der Waals surface area contributed by atoms with Crippen LogP contribution in [0.1, 0.15) is 17.3 Å². The van der Waals surface area contributed by atoms with Crippen molar-refractivity contribution in [1.82, 2.24) is 15.2 Å². The van der Waals surface area contributed by atoms with Crippen molar-refractivity contribution in [3.8, 4) is 0 Å². The van der Waals surface area contributed by atoms with Gasteiger partial charge in [-0.3, -0.25) is 9.69 Å². The van der Waals surface area contributed by atoms with E-state index in [0.29, 0.717) is 17.9 Å². The summed E-state index contributed by atoms with van der Waals surface area (Å²) in [5, 5.41) is 6.09. The first-order chi connectivity index (χ1) is 9.81. The topological polar surface area (TPSA) is 57.3 Å². The summed E-state index contributed by atoms with van der Waals surface area (Å²) in [5.41, 5.74) is 0.614. The molecule has 1 aliphatic heterocycles. The van der Waals surface area contributed by atoms with Crippen LogP contribution < -0.4 is 10.6 Å². The monoisotopic (exact) mass is 294 g/mol. The molecule has 6 heteroatoms. The van der Waals surface area contributed by atoms with Gasteiger partial charge in [0.15, 0.2) is 0 Å². The minimum atomic E-state index is -0.0552. The average Bonchev–Trinajstić information content (AvgIpc) is 2.49. The summed E-state index contributed by atoms with van der Waals surface area (Å²) >= 11 is 2.00. The number of hydrogen-bond donors (Lipinski definition) is 2. The minimum absolute atomic E-state index is 0.0552. The number of hydrogen-bond acceptors (Lipinski definition) is 5. The number of pyridine rings is 1. The van der Waals surface area contributed by atoms with Gasteiger partial charge in [0, 0.05) is 50.4 Å². The summed E-state index contributed by atoms with van der Waals surface area (Å²) in [6.45, 7) is 6.59. The molecule has 1 aromatic rings. The number of aromatic nitrogens is 1. The number of nitrogens with zero attached hydrogens (tertiary/aromatic N) is 2. The second-order valence-corrected chi connectivity index (χ2v) is 5.86. The van der Waals surface area contributed by atoms with Gasteiger partial charge in [0.2, 0.25) is 0 Å². The third-order valence-corrected chi connectivity index (χ3v) is 4.16. The lowest BCUT2D eigenvalue weighted by Gasteiger charge is -2.26. The summed E-state index contributed by atoms with van der Waals surface area (Å²) in [6.07, 6.45) is 1.69. The Bertz CT molecular complexity index is 435. The third-order valence-electron chi connectivity index (χ3n) is 3.21. The van der Waals surface area contributed by atoms with Gasteiger partial charge in [0.25, 0.3) is 5.91 Å². The van der Waals surface area contributed by atoms with Crippen molar-refractivity contribution in [2.24, 2.45) is 0 Å². The molecule has 0 bridgehead atoms. The molecule has 0 aromatic carbocycles. The Morgan fingerprint density at radius 1 is 1.45 bits per heavy atom.